The third-order valence-corrected chi connectivity index (χ3v) is 11.4. The molecule has 5 aromatic heterocycles. The van der Waals surface area contributed by atoms with Gasteiger partial charge < -0.3 is 0 Å². The summed E-state index contributed by atoms with van der Waals surface area (Å²) in [6.45, 7) is 0. The van der Waals surface area contributed by atoms with Gasteiger partial charge in [0.15, 0.2) is 11.6 Å². The lowest BCUT2D eigenvalue weighted by Gasteiger charge is -2.14. The molecule has 0 aliphatic carbocycles. The molecule has 7 nitrogen and oxygen atoms in total. The lowest BCUT2D eigenvalue weighted by molar-refractivity contribution is 1.17. The quantitative estimate of drug-likeness (QED) is 0.135. The first kappa shape index (κ1) is 39.8. The van der Waals surface area contributed by atoms with Gasteiger partial charge in [-0.15, -0.1) is 0 Å². The first-order chi connectivity index (χ1) is 32.7. The highest BCUT2D eigenvalue weighted by Gasteiger charge is 2.18. The normalized spacial score (nSPS) is 11.0. The Morgan fingerprint density at radius 3 is 0.833 bits per heavy atom. The van der Waals surface area contributed by atoms with Crippen LogP contribution in [0, 0.1) is 0 Å². The van der Waals surface area contributed by atoms with Crippen molar-refractivity contribution in [1.82, 2.24) is 34.9 Å². The van der Waals surface area contributed by atoms with Crippen LogP contribution in [0.5, 0.6) is 0 Å². The predicted octanol–water partition coefficient (Wildman–Crippen LogP) is 14.1. The van der Waals surface area contributed by atoms with Crippen LogP contribution >= 0.6 is 0 Å². The maximum atomic E-state index is 5.25. The molecule has 0 unspecified atom stereocenters. The smallest absolute Gasteiger partial charge is 0.160 e. The molecule has 0 saturated heterocycles. The van der Waals surface area contributed by atoms with Crippen molar-refractivity contribution in [3.05, 3.63) is 237 Å². The number of hydrogen-bond acceptors (Lipinski definition) is 7. The minimum absolute atomic E-state index is 0.596. The Labute approximate surface area is 383 Å². The van der Waals surface area contributed by atoms with Crippen molar-refractivity contribution < 1.29 is 0 Å². The lowest BCUT2D eigenvalue weighted by Crippen LogP contribution is -1.99. The molecular weight excluding hydrogens is 807 g/mol. The van der Waals surface area contributed by atoms with Crippen LogP contribution in [-0.4, -0.2) is 34.9 Å². The summed E-state index contributed by atoms with van der Waals surface area (Å²) < 4.78 is 0. The van der Waals surface area contributed by atoms with E-state index in [-0.39, 0.29) is 0 Å². The number of rotatable bonds is 10. The van der Waals surface area contributed by atoms with E-state index in [1.807, 2.05) is 109 Å². The fourth-order valence-electron chi connectivity index (χ4n) is 8.08. The van der Waals surface area contributed by atoms with Gasteiger partial charge in [0.25, 0.3) is 0 Å². The Balaban J connectivity index is 1.09. The lowest BCUT2D eigenvalue weighted by atomic mass is 9.96. The third-order valence-electron chi connectivity index (χ3n) is 11.4. The predicted molar refractivity (Wildman–Crippen MR) is 265 cm³/mol. The highest BCUT2D eigenvalue weighted by Crippen LogP contribution is 2.37. The van der Waals surface area contributed by atoms with E-state index in [0.29, 0.717) is 11.6 Å². The van der Waals surface area contributed by atoms with Gasteiger partial charge >= 0.3 is 0 Å². The van der Waals surface area contributed by atoms with E-state index in [2.05, 4.69) is 125 Å². The molecule has 6 aromatic carbocycles. The zero-order valence-electron chi connectivity index (χ0n) is 35.6. The van der Waals surface area contributed by atoms with E-state index in [1.54, 1.807) is 12.4 Å². The molecule has 0 saturated carbocycles. The van der Waals surface area contributed by atoms with Crippen LogP contribution < -0.4 is 0 Å². The molecule has 0 atom stereocenters. The van der Waals surface area contributed by atoms with Crippen molar-refractivity contribution in [3.8, 4) is 113 Å². The molecule has 11 aromatic rings. The average Bonchev–Trinajstić information content (AvgIpc) is 3.42. The minimum atomic E-state index is 0.596. The largest absolute Gasteiger partial charge is 0.255 e. The van der Waals surface area contributed by atoms with E-state index in [4.69, 9.17) is 24.9 Å². The number of hydrogen-bond donors (Lipinski definition) is 0. The fraction of sp³-hybridized carbons (Fsp3) is 0. The second-order valence-corrected chi connectivity index (χ2v) is 15.8. The number of benzene rings is 6. The molecule has 0 aliphatic heterocycles. The first-order valence-corrected chi connectivity index (χ1v) is 21.8. The zero-order valence-corrected chi connectivity index (χ0v) is 35.6. The van der Waals surface area contributed by atoms with E-state index < -0.39 is 0 Å². The van der Waals surface area contributed by atoms with Crippen molar-refractivity contribution in [2.75, 3.05) is 0 Å². The molecular formula is C59H39N7. The molecule has 5 heterocycles. The molecule has 0 amide bonds. The average molecular weight is 846 g/mol. The van der Waals surface area contributed by atoms with Crippen LogP contribution in [0.2, 0.25) is 0 Å². The minimum Gasteiger partial charge on any atom is -0.255 e. The van der Waals surface area contributed by atoms with Gasteiger partial charge in [-0.3, -0.25) is 9.97 Å². The van der Waals surface area contributed by atoms with Crippen molar-refractivity contribution in [3.63, 3.8) is 0 Å². The molecule has 11 rings (SSSR count). The van der Waals surface area contributed by atoms with Gasteiger partial charge in [-0.05, 0) is 89.0 Å². The summed E-state index contributed by atoms with van der Waals surface area (Å²) in [5.41, 5.74) is 16.2. The maximum Gasteiger partial charge on any atom is 0.160 e. The second-order valence-electron chi connectivity index (χ2n) is 15.8. The molecule has 0 aliphatic rings. The molecule has 0 spiro atoms. The summed E-state index contributed by atoms with van der Waals surface area (Å²) in [5, 5.41) is 0. The molecule has 66 heavy (non-hydrogen) atoms. The summed E-state index contributed by atoms with van der Waals surface area (Å²) in [7, 11) is 0. The molecule has 0 radical (unpaired) electrons. The summed E-state index contributed by atoms with van der Waals surface area (Å²) in [5.74, 6) is 1.19. The molecule has 0 fully saturated rings. The number of pyridine rings is 3. The van der Waals surface area contributed by atoms with Gasteiger partial charge in [-0.2, -0.15) is 0 Å². The molecule has 310 valence electrons. The molecule has 7 heteroatoms. The Bertz CT molecular complexity index is 3110. The van der Waals surface area contributed by atoms with Crippen LogP contribution in [0.4, 0.5) is 0 Å². The van der Waals surface area contributed by atoms with Crippen LogP contribution in [-0.2, 0) is 0 Å². The van der Waals surface area contributed by atoms with Crippen molar-refractivity contribution in [2.24, 2.45) is 0 Å². The fourth-order valence-corrected chi connectivity index (χ4v) is 8.08. The molecule has 0 bridgehead atoms. The Morgan fingerprint density at radius 1 is 0.182 bits per heavy atom. The zero-order chi connectivity index (χ0) is 44.1. The van der Waals surface area contributed by atoms with E-state index in [9.17, 15) is 0 Å². The highest BCUT2D eigenvalue weighted by atomic mass is 14.9. The van der Waals surface area contributed by atoms with E-state index >= 15 is 0 Å². The second kappa shape index (κ2) is 18.0. The summed E-state index contributed by atoms with van der Waals surface area (Å²) in [6.07, 6.45) is 3.58. The van der Waals surface area contributed by atoms with Crippen molar-refractivity contribution >= 4 is 0 Å². The maximum absolute atomic E-state index is 5.25. The van der Waals surface area contributed by atoms with Crippen LogP contribution in [0.3, 0.4) is 0 Å². The van der Waals surface area contributed by atoms with Crippen molar-refractivity contribution in [2.45, 2.75) is 0 Å². The Morgan fingerprint density at radius 2 is 0.500 bits per heavy atom. The van der Waals surface area contributed by atoms with E-state index in [1.165, 1.54) is 0 Å². The molecule has 0 N–H and O–H groups in total. The third kappa shape index (κ3) is 8.52. The van der Waals surface area contributed by atoms with Crippen LogP contribution in [0.25, 0.3) is 113 Å². The Kier molecular flexibility index (Phi) is 10.8. The standard InChI is InChI=1S/C59H39N7/c1-5-17-42(18-6-1)52-38-53(43-19-7-2-8-20-43)64-58(63-52)48-33-46(34-49(35-48)59-65-54(44-21-9-3-10-22-44)39-55(66-59)45-23-11-4-12-24-45)40-27-29-41(30-28-40)47-36-56(50-25-13-15-31-60-50)62-57(37-47)51-26-14-16-32-61-51/h1-39H. The van der Waals surface area contributed by atoms with Gasteiger partial charge in [0.2, 0.25) is 0 Å². The van der Waals surface area contributed by atoms with Crippen LogP contribution in [0.1, 0.15) is 0 Å². The van der Waals surface area contributed by atoms with Crippen LogP contribution in [0.15, 0.2) is 237 Å². The number of nitrogens with zero attached hydrogens (tertiary/aromatic N) is 7. The summed E-state index contributed by atoms with van der Waals surface area (Å²) >= 11 is 0. The van der Waals surface area contributed by atoms with Crippen molar-refractivity contribution in [1.29, 1.82) is 0 Å². The Hall–Kier alpha value is -9.07. The SMILES string of the molecule is c1ccc(-c2cc(-c3ccccc3)nc(-c3cc(-c4ccc(-c5cc(-c6ccccn6)nc(-c6ccccn6)c5)cc4)cc(-c4nc(-c5ccccc5)cc(-c5ccccc5)n4)c3)n2)cc1. The van der Waals surface area contributed by atoms with Gasteiger partial charge in [0.05, 0.1) is 45.6 Å². The summed E-state index contributed by atoms with van der Waals surface area (Å²) in [6, 6.07) is 76.1. The van der Waals surface area contributed by atoms with Gasteiger partial charge in [-0.25, -0.2) is 24.9 Å². The van der Waals surface area contributed by atoms with Gasteiger partial charge in [0, 0.05) is 45.8 Å². The summed E-state index contributed by atoms with van der Waals surface area (Å²) in [4.78, 5) is 35.3. The monoisotopic (exact) mass is 845 g/mol. The highest BCUT2D eigenvalue weighted by molar-refractivity contribution is 5.83. The van der Waals surface area contributed by atoms with Gasteiger partial charge in [-0.1, -0.05) is 158 Å². The number of aromatic nitrogens is 7. The van der Waals surface area contributed by atoms with E-state index in [0.717, 1.165) is 101 Å². The van der Waals surface area contributed by atoms with Gasteiger partial charge in [0.1, 0.15) is 0 Å². The topological polar surface area (TPSA) is 90.2 Å². The first-order valence-electron chi connectivity index (χ1n) is 21.8.